The summed E-state index contributed by atoms with van der Waals surface area (Å²) in [5.41, 5.74) is 4.11. The largest absolute Gasteiger partial charge is 0.497 e. The third kappa shape index (κ3) is 11.3. The number of hydrogen-bond donors (Lipinski definition) is 5. The fourth-order valence-electron chi connectivity index (χ4n) is 3.67. The van der Waals surface area contributed by atoms with Gasteiger partial charge in [-0.2, -0.15) is 31.4 Å². The maximum Gasteiger partial charge on any atom is 0.490 e. The van der Waals surface area contributed by atoms with Crippen molar-refractivity contribution in [3.8, 4) is 16.9 Å². The van der Waals surface area contributed by atoms with Gasteiger partial charge >= 0.3 is 24.3 Å². The Bertz CT molecular complexity index is 1380. The van der Waals surface area contributed by atoms with Crippen LogP contribution in [0.1, 0.15) is 11.7 Å². The average Bonchev–Trinajstić information content (AvgIpc) is 3.52. The predicted molar refractivity (Wildman–Crippen MR) is 148 cm³/mol. The minimum Gasteiger partial charge on any atom is -0.497 e. The van der Waals surface area contributed by atoms with E-state index in [9.17, 15) is 36.2 Å². The molecule has 1 aliphatic rings. The van der Waals surface area contributed by atoms with Gasteiger partial charge in [0.2, 0.25) is 0 Å². The molecule has 45 heavy (non-hydrogen) atoms. The lowest BCUT2D eigenvalue weighted by atomic mass is 10.1. The molecule has 1 aliphatic heterocycles. The number of methoxy groups -OCH3 is 1. The molecule has 12 nitrogen and oxygen atoms in total. The monoisotopic (exact) mass is 649 g/mol. The van der Waals surface area contributed by atoms with Gasteiger partial charge in [0, 0.05) is 37.9 Å². The van der Waals surface area contributed by atoms with Crippen LogP contribution in [0.25, 0.3) is 11.1 Å². The SMILES string of the molecule is COc1ccc(C(O)C(=O)Nc2ccc(-c3cn[nH]c3)cc2N2CCN(C)CC2)cc1.O=C(O)C(F)(F)F.O=C(O)C(F)(F)F. The van der Waals surface area contributed by atoms with Crippen molar-refractivity contribution in [2.75, 3.05) is 50.6 Å². The van der Waals surface area contributed by atoms with E-state index < -0.39 is 36.3 Å². The number of likely N-dealkylation sites (N-methyl/N-ethyl adjacent to an activating group) is 1. The minimum absolute atomic E-state index is 0.475. The highest BCUT2D eigenvalue weighted by Gasteiger charge is 2.38. The van der Waals surface area contributed by atoms with Gasteiger partial charge in [0.05, 0.1) is 24.7 Å². The van der Waals surface area contributed by atoms with Gasteiger partial charge in [-0.3, -0.25) is 9.89 Å². The van der Waals surface area contributed by atoms with Crippen molar-refractivity contribution in [1.29, 1.82) is 0 Å². The molecule has 0 bridgehead atoms. The highest BCUT2D eigenvalue weighted by Crippen LogP contribution is 2.33. The molecule has 1 saturated heterocycles. The summed E-state index contributed by atoms with van der Waals surface area (Å²) in [7, 11) is 3.68. The number of carbonyl (C=O) groups excluding carboxylic acids is 1. The normalized spacial score (nSPS) is 14.2. The molecule has 4 rings (SSSR count). The quantitative estimate of drug-likeness (QED) is 0.248. The van der Waals surface area contributed by atoms with Crippen molar-refractivity contribution in [1.82, 2.24) is 15.1 Å². The first-order chi connectivity index (χ1) is 20.9. The van der Waals surface area contributed by atoms with Crippen LogP contribution in [0.2, 0.25) is 0 Å². The van der Waals surface area contributed by atoms with Crippen LogP contribution in [-0.4, -0.2) is 101 Å². The lowest BCUT2D eigenvalue weighted by Crippen LogP contribution is -2.44. The van der Waals surface area contributed by atoms with Crippen LogP contribution >= 0.6 is 0 Å². The van der Waals surface area contributed by atoms with Crippen molar-refractivity contribution in [2.24, 2.45) is 0 Å². The molecule has 0 saturated carbocycles. The zero-order chi connectivity index (χ0) is 33.9. The Morgan fingerprint density at radius 1 is 0.911 bits per heavy atom. The van der Waals surface area contributed by atoms with E-state index in [0.29, 0.717) is 17.0 Å². The molecule has 18 heteroatoms. The summed E-state index contributed by atoms with van der Waals surface area (Å²) in [6.45, 7) is 3.60. The Balaban J connectivity index is 0.000000421. The fourth-order valence-corrected chi connectivity index (χ4v) is 3.67. The first-order valence-electron chi connectivity index (χ1n) is 12.7. The molecule has 0 spiro atoms. The van der Waals surface area contributed by atoms with E-state index in [1.807, 2.05) is 18.3 Å². The third-order valence-electron chi connectivity index (χ3n) is 6.10. The highest BCUT2D eigenvalue weighted by molar-refractivity contribution is 5.98. The van der Waals surface area contributed by atoms with Gasteiger partial charge in [0.1, 0.15) is 5.75 Å². The minimum atomic E-state index is -5.08. The summed E-state index contributed by atoms with van der Waals surface area (Å²) >= 11 is 0. The molecule has 246 valence electrons. The second-order valence-corrected chi connectivity index (χ2v) is 9.28. The number of rotatable bonds is 6. The molecular weight excluding hydrogens is 620 g/mol. The van der Waals surface area contributed by atoms with Crippen molar-refractivity contribution >= 4 is 29.2 Å². The van der Waals surface area contributed by atoms with Gasteiger partial charge in [-0.15, -0.1) is 0 Å². The number of aliphatic hydroxyl groups excluding tert-OH is 1. The number of piperazine rings is 1. The number of nitrogens with one attached hydrogen (secondary N) is 2. The lowest BCUT2D eigenvalue weighted by molar-refractivity contribution is -0.193. The number of nitrogens with zero attached hydrogens (tertiary/aromatic N) is 3. The third-order valence-corrected chi connectivity index (χ3v) is 6.10. The molecule has 1 amide bonds. The van der Waals surface area contributed by atoms with Crippen LogP contribution in [0.5, 0.6) is 5.75 Å². The smallest absolute Gasteiger partial charge is 0.490 e. The summed E-state index contributed by atoms with van der Waals surface area (Å²) in [6.07, 6.45) is -7.83. The summed E-state index contributed by atoms with van der Waals surface area (Å²) in [5.74, 6) is -5.32. The van der Waals surface area contributed by atoms with Crippen molar-refractivity contribution < 1.29 is 60.8 Å². The van der Waals surface area contributed by atoms with Crippen LogP contribution in [0.4, 0.5) is 37.7 Å². The van der Waals surface area contributed by atoms with Crippen LogP contribution in [0.15, 0.2) is 54.9 Å². The number of aromatic amines is 1. The second kappa shape index (κ2) is 15.8. The maximum atomic E-state index is 12.8. The Morgan fingerprint density at radius 3 is 1.89 bits per heavy atom. The molecule has 5 N–H and O–H groups in total. The van der Waals surface area contributed by atoms with Gasteiger partial charge in [0.15, 0.2) is 6.10 Å². The van der Waals surface area contributed by atoms with E-state index in [4.69, 9.17) is 24.5 Å². The van der Waals surface area contributed by atoms with E-state index >= 15 is 0 Å². The second-order valence-electron chi connectivity index (χ2n) is 9.28. The molecular formula is C27H29F6N5O7. The van der Waals surface area contributed by atoms with Gasteiger partial charge < -0.3 is 35.2 Å². The van der Waals surface area contributed by atoms with Crippen molar-refractivity contribution in [2.45, 2.75) is 18.5 Å². The summed E-state index contributed by atoms with van der Waals surface area (Å²) in [5, 5.41) is 34.6. The number of H-pyrrole nitrogens is 1. The van der Waals surface area contributed by atoms with E-state index in [1.165, 1.54) is 0 Å². The number of carbonyl (C=O) groups is 3. The van der Waals surface area contributed by atoms with Crippen LogP contribution in [-0.2, 0) is 14.4 Å². The van der Waals surface area contributed by atoms with Crippen LogP contribution in [0.3, 0.4) is 0 Å². The fraction of sp³-hybridized carbons (Fsp3) is 0.333. The number of alkyl halides is 6. The molecule has 0 aliphatic carbocycles. The standard InChI is InChI=1S/C23H27N5O3.2C2HF3O2/c1-27-9-11-28(12-10-27)21-13-17(18-14-24-25-15-18)5-8-20(21)26-23(30)22(29)16-3-6-19(31-2)7-4-16;2*3-2(4,5)1(6)7/h3-8,13-15,22,29H,9-12H2,1-2H3,(H,24,25)(H,26,30);2*(H,6,7). The molecule has 1 aromatic heterocycles. The Hall–Kier alpha value is -4.84. The molecule has 0 radical (unpaired) electrons. The lowest BCUT2D eigenvalue weighted by Gasteiger charge is -2.35. The van der Waals surface area contributed by atoms with Crippen molar-refractivity contribution in [3.63, 3.8) is 0 Å². The van der Waals surface area contributed by atoms with Gasteiger partial charge in [-0.25, -0.2) is 9.59 Å². The van der Waals surface area contributed by atoms with E-state index in [2.05, 4.69) is 38.4 Å². The number of ether oxygens (including phenoxy) is 1. The topological polar surface area (TPSA) is 168 Å². The first-order valence-corrected chi connectivity index (χ1v) is 12.7. The number of aliphatic carboxylic acids is 2. The number of carboxylic acid groups (broad SMARTS) is 2. The van der Waals surface area contributed by atoms with Crippen LogP contribution < -0.4 is 15.0 Å². The first kappa shape index (κ1) is 36.4. The number of amides is 1. The molecule has 2 aromatic carbocycles. The average molecular weight is 650 g/mol. The van der Waals surface area contributed by atoms with Gasteiger partial charge in [-0.05, 0) is 42.4 Å². The zero-order valence-corrected chi connectivity index (χ0v) is 23.7. The van der Waals surface area contributed by atoms with Crippen molar-refractivity contribution in [3.05, 3.63) is 60.4 Å². The Morgan fingerprint density at radius 2 is 1.44 bits per heavy atom. The molecule has 1 atom stereocenters. The number of aliphatic hydroxyl groups is 1. The molecule has 1 fully saturated rings. The number of hydrogen-bond acceptors (Lipinski definition) is 8. The predicted octanol–water partition coefficient (Wildman–Crippen LogP) is 3.78. The number of carboxylic acids is 2. The Labute approximate surface area is 251 Å². The van der Waals surface area contributed by atoms with Gasteiger partial charge in [0.25, 0.3) is 5.91 Å². The Kier molecular flexibility index (Phi) is 12.7. The van der Waals surface area contributed by atoms with E-state index in [-0.39, 0.29) is 0 Å². The van der Waals surface area contributed by atoms with Gasteiger partial charge in [-0.1, -0.05) is 18.2 Å². The number of aromatic nitrogens is 2. The molecule has 1 unspecified atom stereocenters. The number of anilines is 2. The number of halogens is 6. The van der Waals surface area contributed by atoms with E-state index in [0.717, 1.165) is 43.0 Å². The van der Waals surface area contributed by atoms with E-state index in [1.54, 1.807) is 37.6 Å². The molecule has 2 heterocycles. The molecule has 3 aromatic rings. The summed E-state index contributed by atoms with van der Waals surface area (Å²) < 4.78 is 68.6. The zero-order valence-electron chi connectivity index (χ0n) is 23.7. The van der Waals surface area contributed by atoms with Crippen LogP contribution in [0, 0.1) is 0 Å². The summed E-state index contributed by atoms with van der Waals surface area (Å²) in [6, 6.07) is 12.7. The number of benzene rings is 2. The highest BCUT2D eigenvalue weighted by atomic mass is 19.4. The summed E-state index contributed by atoms with van der Waals surface area (Å²) in [4.78, 5) is 35.2. The maximum absolute atomic E-state index is 12.8.